The van der Waals surface area contributed by atoms with Gasteiger partial charge >= 0.3 is 0 Å². The zero-order valence-electron chi connectivity index (χ0n) is 7.75. The van der Waals surface area contributed by atoms with Crippen LogP contribution in [0.25, 0.3) is 5.57 Å². The van der Waals surface area contributed by atoms with Crippen molar-refractivity contribution in [2.24, 2.45) is 0 Å². The monoisotopic (exact) mass is 254 g/mol. The molecule has 1 aromatic carbocycles. The topological polar surface area (TPSA) is 18.5 Å². The number of benzene rings is 1. The molecule has 0 saturated carbocycles. The largest absolute Gasteiger partial charge is 0.486 e. The van der Waals surface area contributed by atoms with Gasteiger partial charge in [0.25, 0.3) is 0 Å². The Kier molecular flexibility index (Phi) is 2.77. The van der Waals surface area contributed by atoms with Crippen molar-refractivity contribution in [1.29, 1.82) is 0 Å². The molecular formula is C11H11BrO2. The highest BCUT2D eigenvalue weighted by atomic mass is 79.9. The van der Waals surface area contributed by atoms with Gasteiger partial charge < -0.3 is 9.47 Å². The molecule has 14 heavy (non-hydrogen) atoms. The van der Waals surface area contributed by atoms with Crippen LogP contribution in [0, 0.1) is 0 Å². The van der Waals surface area contributed by atoms with Gasteiger partial charge in [-0.25, -0.2) is 0 Å². The third kappa shape index (κ3) is 1.64. The molecule has 1 heterocycles. The van der Waals surface area contributed by atoms with Gasteiger partial charge in [-0.1, -0.05) is 34.6 Å². The summed E-state index contributed by atoms with van der Waals surface area (Å²) in [5.41, 5.74) is 2.03. The second-order valence-corrected chi connectivity index (χ2v) is 3.63. The zero-order valence-corrected chi connectivity index (χ0v) is 9.34. The highest BCUT2D eigenvalue weighted by Gasteiger charge is 2.16. The molecular weight excluding hydrogens is 244 g/mol. The van der Waals surface area contributed by atoms with Gasteiger partial charge in [-0.15, -0.1) is 0 Å². The molecule has 0 aliphatic carbocycles. The molecule has 1 aliphatic heterocycles. The van der Waals surface area contributed by atoms with Crippen LogP contribution in [0.15, 0.2) is 24.8 Å². The average Bonchev–Trinajstić information content (AvgIpc) is 2.27. The molecule has 0 bridgehead atoms. The quantitative estimate of drug-likeness (QED) is 0.756. The highest BCUT2D eigenvalue weighted by molar-refractivity contribution is 9.09. The van der Waals surface area contributed by atoms with E-state index in [1.54, 1.807) is 0 Å². The summed E-state index contributed by atoms with van der Waals surface area (Å²) < 4.78 is 11.0. The molecule has 0 saturated heterocycles. The Balaban J connectivity index is 2.45. The molecule has 1 aromatic rings. The normalized spacial score (nSPS) is 13.8. The smallest absolute Gasteiger partial charge is 0.168 e. The maximum atomic E-state index is 5.57. The Morgan fingerprint density at radius 2 is 2.14 bits per heavy atom. The lowest BCUT2D eigenvalue weighted by atomic mass is 10.1. The Morgan fingerprint density at radius 3 is 2.93 bits per heavy atom. The fraction of sp³-hybridized carbons (Fsp3) is 0.273. The van der Waals surface area contributed by atoms with Crippen molar-refractivity contribution in [1.82, 2.24) is 0 Å². The van der Waals surface area contributed by atoms with Crippen molar-refractivity contribution < 1.29 is 9.47 Å². The predicted octanol–water partition coefficient (Wildman–Crippen LogP) is 2.87. The molecule has 0 amide bonds. The van der Waals surface area contributed by atoms with Crippen LogP contribution in [0.4, 0.5) is 0 Å². The number of hydrogen-bond donors (Lipinski definition) is 0. The summed E-state index contributed by atoms with van der Waals surface area (Å²) in [4.78, 5) is 0. The van der Waals surface area contributed by atoms with Crippen LogP contribution >= 0.6 is 15.9 Å². The summed E-state index contributed by atoms with van der Waals surface area (Å²) in [7, 11) is 0. The lowest BCUT2D eigenvalue weighted by Gasteiger charge is -2.21. The van der Waals surface area contributed by atoms with E-state index in [-0.39, 0.29) is 0 Å². The van der Waals surface area contributed by atoms with Gasteiger partial charge in [-0.2, -0.15) is 0 Å². The van der Waals surface area contributed by atoms with Gasteiger partial charge in [0.15, 0.2) is 11.5 Å². The molecule has 0 radical (unpaired) electrons. The first kappa shape index (κ1) is 9.59. The molecule has 0 atom stereocenters. The third-order valence-corrected chi connectivity index (χ3v) is 2.79. The summed E-state index contributed by atoms with van der Waals surface area (Å²) in [6.07, 6.45) is 0. The van der Waals surface area contributed by atoms with Crippen LogP contribution in [-0.2, 0) is 0 Å². The number of rotatable bonds is 2. The van der Waals surface area contributed by atoms with Crippen molar-refractivity contribution in [3.05, 3.63) is 30.3 Å². The van der Waals surface area contributed by atoms with Crippen molar-refractivity contribution in [3.63, 3.8) is 0 Å². The second kappa shape index (κ2) is 4.05. The van der Waals surface area contributed by atoms with Crippen LogP contribution in [0.2, 0.25) is 0 Å². The van der Waals surface area contributed by atoms with E-state index in [2.05, 4.69) is 22.5 Å². The lowest BCUT2D eigenvalue weighted by molar-refractivity contribution is 0.171. The molecule has 0 unspecified atom stereocenters. The Labute approximate surface area is 91.7 Å². The second-order valence-electron chi connectivity index (χ2n) is 3.07. The van der Waals surface area contributed by atoms with Gasteiger partial charge in [-0.05, 0) is 11.6 Å². The van der Waals surface area contributed by atoms with E-state index < -0.39 is 0 Å². The van der Waals surface area contributed by atoms with E-state index in [9.17, 15) is 0 Å². The minimum Gasteiger partial charge on any atom is -0.486 e. The van der Waals surface area contributed by atoms with E-state index in [1.165, 1.54) is 0 Å². The van der Waals surface area contributed by atoms with E-state index >= 15 is 0 Å². The van der Waals surface area contributed by atoms with Crippen molar-refractivity contribution in [2.45, 2.75) is 0 Å². The van der Waals surface area contributed by atoms with Crippen LogP contribution in [-0.4, -0.2) is 18.5 Å². The van der Waals surface area contributed by atoms with Crippen LogP contribution in [0.3, 0.4) is 0 Å². The Hall–Kier alpha value is -0.960. The number of hydrogen-bond acceptors (Lipinski definition) is 2. The first-order valence-electron chi connectivity index (χ1n) is 4.45. The molecule has 0 fully saturated rings. The van der Waals surface area contributed by atoms with Crippen LogP contribution in [0.1, 0.15) is 5.56 Å². The summed E-state index contributed by atoms with van der Waals surface area (Å²) in [5, 5.41) is 0.743. The molecule has 2 rings (SSSR count). The number of para-hydroxylation sites is 1. The fourth-order valence-electron chi connectivity index (χ4n) is 1.42. The van der Waals surface area contributed by atoms with Gasteiger partial charge in [0.05, 0.1) is 0 Å². The molecule has 74 valence electrons. The van der Waals surface area contributed by atoms with E-state index in [0.29, 0.717) is 13.2 Å². The third-order valence-electron chi connectivity index (χ3n) is 2.11. The number of ether oxygens (including phenoxy) is 2. The zero-order chi connectivity index (χ0) is 9.97. The maximum absolute atomic E-state index is 5.57. The summed E-state index contributed by atoms with van der Waals surface area (Å²) >= 11 is 3.38. The molecule has 0 aromatic heterocycles. The SMILES string of the molecule is C=C(CBr)c1cccc2c1OCCO2. The van der Waals surface area contributed by atoms with Gasteiger partial charge in [0, 0.05) is 10.9 Å². The minimum atomic E-state index is 0.611. The number of alkyl halides is 1. The predicted molar refractivity (Wildman–Crippen MR) is 60.3 cm³/mol. The summed E-state index contributed by atoms with van der Waals surface area (Å²) in [6.45, 7) is 5.20. The van der Waals surface area contributed by atoms with Crippen molar-refractivity contribution in [2.75, 3.05) is 18.5 Å². The van der Waals surface area contributed by atoms with Gasteiger partial charge in [-0.3, -0.25) is 0 Å². The van der Waals surface area contributed by atoms with Gasteiger partial charge in [0.1, 0.15) is 13.2 Å². The first-order valence-corrected chi connectivity index (χ1v) is 5.58. The average molecular weight is 255 g/mol. The molecule has 1 aliphatic rings. The fourth-order valence-corrected chi connectivity index (χ4v) is 1.73. The lowest BCUT2D eigenvalue weighted by Crippen LogP contribution is -2.16. The summed E-state index contributed by atoms with van der Waals surface area (Å²) in [5.74, 6) is 1.64. The van der Waals surface area contributed by atoms with E-state index in [4.69, 9.17) is 9.47 Å². The number of fused-ring (bicyclic) bond motifs is 1. The Morgan fingerprint density at radius 1 is 1.36 bits per heavy atom. The highest BCUT2D eigenvalue weighted by Crippen LogP contribution is 2.37. The number of allylic oxidation sites excluding steroid dienone is 1. The Bertz CT molecular complexity index is 360. The molecule has 2 nitrogen and oxygen atoms in total. The molecule has 0 spiro atoms. The van der Waals surface area contributed by atoms with Crippen molar-refractivity contribution in [3.8, 4) is 11.5 Å². The molecule has 0 N–H and O–H groups in total. The maximum Gasteiger partial charge on any atom is 0.168 e. The molecule has 3 heteroatoms. The standard InChI is InChI=1S/C11H11BrO2/c1-8(7-12)9-3-2-4-10-11(9)14-6-5-13-10/h2-4H,1,5-7H2. The minimum absolute atomic E-state index is 0.611. The van der Waals surface area contributed by atoms with Crippen LogP contribution in [0.5, 0.6) is 11.5 Å². The van der Waals surface area contributed by atoms with Crippen molar-refractivity contribution >= 4 is 21.5 Å². The van der Waals surface area contributed by atoms with E-state index in [0.717, 1.165) is 28.0 Å². The van der Waals surface area contributed by atoms with Crippen LogP contribution < -0.4 is 9.47 Å². The first-order chi connectivity index (χ1) is 6.83. The number of halogens is 1. The van der Waals surface area contributed by atoms with E-state index in [1.807, 2.05) is 18.2 Å². The summed E-state index contributed by atoms with van der Waals surface area (Å²) in [6, 6.07) is 5.87. The van der Waals surface area contributed by atoms with Gasteiger partial charge in [0.2, 0.25) is 0 Å².